The van der Waals surface area contributed by atoms with Gasteiger partial charge in [-0.15, -0.1) is 23.1 Å². The topological polar surface area (TPSA) is 55.6 Å². The van der Waals surface area contributed by atoms with Crippen molar-refractivity contribution in [3.05, 3.63) is 65.8 Å². The Morgan fingerprint density at radius 3 is 2.75 bits per heavy atom. The van der Waals surface area contributed by atoms with E-state index in [0.717, 1.165) is 38.2 Å². The van der Waals surface area contributed by atoms with Crippen LogP contribution in [0.1, 0.15) is 5.69 Å². The van der Waals surface area contributed by atoms with E-state index in [1.807, 2.05) is 70.8 Å². The Morgan fingerprint density at radius 1 is 1.21 bits per heavy atom. The number of nitrogens with zero attached hydrogens (tertiary/aromatic N) is 2. The first kappa shape index (κ1) is 18.6. The van der Waals surface area contributed by atoms with Crippen molar-refractivity contribution < 1.29 is 9.53 Å². The summed E-state index contributed by atoms with van der Waals surface area (Å²) in [7, 11) is 1.65. The number of para-hydroxylation sites is 1. The maximum atomic E-state index is 12.6. The number of hydrogen-bond donors (Lipinski definition) is 1. The summed E-state index contributed by atoms with van der Waals surface area (Å²) in [6, 6.07) is 15.6. The Balaban J connectivity index is 1.54. The number of thioether (sulfide) groups is 1. The third-order valence-electron chi connectivity index (χ3n) is 4.39. The Labute approximate surface area is 171 Å². The molecule has 0 radical (unpaired) electrons. The van der Waals surface area contributed by atoms with E-state index in [2.05, 4.69) is 10.3 Å². The maximum absolute atomic E-state index is 12.6. The molecular formula is C21H19N3O2S2. The average Bonchev–Trinajstić information content (AvgIpc) is 3.30. The number of rotatable bonds is 6. The molecule has 0 aliphatic heterocycles. The number of nitrogens with one attached hydrogen (secondary N) is 1. The molecule has 1 amide bonds. The molecule has 0 atom stereocenters. The number of fused-ring (bicyclic) bond motifs is 1. The Kier molecular flexibility index (Phi) is 5.36. The summed E-state index contributed by atoms with van der Waals surface area (Å²) >= 11 is 3.15. The van der Waals surface area contributed by atoms with Gasteiger partial charge >= 0.3 is 0 Å². The van der Waals surface area contributed by atoms with E-state index in [1.165, 1.54) is 11.3 Å². The molecule has 1 N–H and O–H groups in total. The van der Waals surface area contributed by atoms with Crippen molar-refractivity contribution in [1.82, 2.24) is 9.38 Å². The number of benzene rings is 2. The number of amides is 1. The summed E-state index contributed by atoms with van der Waals surface area (Å²) in [5.74, 6) is 0.772. The standard InChI is InChI=1S/C21H19N3O2S2/c1-26-16-9-7-14(8-10-16)18-12-24-15(13-28-21(24)23-18)11-20(25)22-17-5-3-4-6-19(17)27-2/h3-10,12-13H,11H2,1-2H3,(H,22,25). The average molecular weight is 410 g/mol. The van der Waals surface area contributed by atoms with E-state index in [4.69, 9.17) is 4.74 Å². The monoisotopic (exact) mass is 409 g/mol. The van der Waals surface area contributed by atoms with Crippen LogP contribution in [-0.2, 0) is 11.2 Å². The van der Waals surface area contributed by atoms with Crippen LogP contribution in [0.3, 0.4) is 0 Å². The number of anilines is 1. The highest BCUT2D eigenvalue weighted by molar-refractivity contribution is 7.98. The Hall–Kier alpha value is -2.77. The molecule has 0 saturated carbocycles. The van der Waals surface area contributed by atoms with Gasteiger partial charge in [0.25, 0.3) is 0 Å². The fraction of sp³-hybridized carbons (Fsp3) is 0.143. The number of aromatic nitrogens is 2. The summed E-state index contributed by atoms with van der Waals surface area (Å²) in [4.78, 5) is 19.2. The maximum Gasteiger partial charge on any atom is 0.230 e. The number of methoxy groups -OCH3 is 1. The van der Waals surface area contributed by atoms with Crippen LogP contribution in [0.4, 0.5) is 5.69 Å². The highest BCUT2D eigenvalue weighted by Crippen LogP contribution is 2.27. The first-order valence-corrected chi connectivity index (χ1v) is 10.8. The van der Waals surface area contributed by atoms with E-state index in [9.17, 15) is 4.79 Å². The minimum atomic E-state index is -0.0408. The summed E-state index contributed by atoms with van der Waals surface area (Å²) in [6.45, 7) is 0. The van der Waals surface area contributed by atoms with Crippen molar-refractivity contribution in [3.63, 3.8) is 0 Å². The van der Waals surface area contributed by atoms with Gasteiger partial charge in [-0.2, -0.15) is 0 Å². The molecule has 28 heavy (non-hydrogen) atoms. The first-order chi connectivity index (χ1) is 13.7. The highest BCUT2D eigenvalue weighted by Gasteiger charge is 2.13. The van der Waals surface area contributed by atoms with Crippen molar-refractivity contribution in [2.24, 2.45) is 0 Å². The van der Waals surface area contributed by atoms with Gasteiger partial charge in [0, 0.05) is 27.7 Å². The summed E-state index contributed by atoms with van der Waals surface area (Å²) < 4.78 is 7.20. The lowest BCUT2D eigenvalue weighted by Crippen LogP contribution is -2.15. The van der Waals surface area contributed by atoms with Crippen molar-refractivity contribution in [2.45, 2.75) is 11.3 Å². The third kappa shape index (κ3) is 3.76. The van der Waals surface area contributed by atoms with Crippen molar-refractivity contribution in [3.8, 4) is 17.0 Å². The van der Waals surface area contributed by atoms with Crippen molar-refractivity contribution >= 4 is 39.7 Å². The molecular weight excluding hydrogens is 390 g/mol. The van der Waals surface area contributed by atoms with Gasteiger partial charge < -0.3 is 10.1 Å². The molecule has 0 aliphatic carbocycles. The number of ether oxygens (including phenoxy) is 1. The highest BCUT2D eigenvalue weighted by atomic mass is 32.2. The van der Waals surface area contributed by atoms with Crippen LogP contribution in [0.5, 0.6) is 5.75 Å². The molecule has 2 aromatic carbocycles. The Bertz CT molecular complexity index is 1120. The number of hydrogen-bond acceptors (Lipinski definition) is 5. The predicted octanol–water partition coefficient (Wildman–Crippen LogP) is 4.97. The summed E-state index contributed by atoms with van der Waals surface area (Å²) in [5.41, 5.74) is 3.66. The smallest absolute Gasteiger partial charge is 0.230 e. The van der Waals surface area contributed by atoms with E-state index >= 15 is 0 Å². The van der Waals surface area contributed by atoms with Gasteiger partial charge in [0.2, 0.25) is 5.91 Å². The lowest BCUT2D eigenvalue weighted by atomic mass is 10.2. The zero-order chi connectivity index (χ0) is 19.5. The molecule has 7 heteroatoms. The molecule has 0 aliphatic rings. The van der Waals surface area contributed by atoms with Gasteiger partial charge in [0.1, 0.15) is 5.75 Å². The lowest BCUT2D eigenvalue weighted by Gasteiger charge is -2.08. The molecule has 4 rings (SSSR count). The number of imidazole rings is 1. The van der Waals surface area contributed by atoms with Crippen LogP contribution in [-0.4, -0.2) is 28.7 Å². The lowest BCUT2D eigenvalue weighted by molar-refractivity contribution is -0.115. The van der Waals surface area contributed by atoms with Gasteiger partial charge in [-0.3, -0.25) is 9.20 Å². The Morgan fingerprint density at radius 2 is 2.00 bits per heavy atom. The fourth-order valence-electron chi connectivity index (χ4n) is 2.96. The SMILES string of the molecule is COc1ccc(-c2cn3c(CC(=O)Nc4ccccc4SC)csc3n2)cc1. The van der Waals surface area contributed by atoms with E-state index in [1.54, 1.807) is 18.9 Å². The second kappa shape index (κ2) is 8.08. The van der Waals surface area contributed by atoms with Gasteiger partial charge in [-0.05, 0) is 42.7 Å². The minimum absolute atomic E-state index is 0.0408. The predicted molar refractivity (Wildman–Crippen MR) is 116 cm³/mol. The zero-order valence-corrected chi connectivity index (χ0v) is 17.1. The molecule has 2 heterocycles. The van der Waals surface area contributed by atoms with Gasteiger partial charge in [-0.1, -0.05) is 12.1 Å². The fourth-order valence-corrected chi connectivity index (χ4v) is 4.39. The minimum Gasteiger partial charge on any atom is -0.497 e. The largest absolute Gasteiger partial charge is 0.497 e. The first-order valence-electron chi connectivity index (χ1n) is 8.70. The number of carbonyl (C=O) groups excluding carboxylic acids is 1. The van der Waals surface area contributed by atoms with E-state index in [0.29, 0.717) is 6.42 Å². The molecule has 0 saturated heterocycles. The van der Waals surface area contributed by atoms with Crippen molar-refractivity contribution in [2.75, 3.05) is 18.7 Å². The van der Waals surface area contributed by atoms with Crippen molar-refractivity contribution in [1.29, 1.82) is 0 Å². The normalized spacial score (nSPS) is 10.9. The molecule has 2 aromatic heterocycles. The second-order valence-electron chi connectivity index (χ2n) is 6.16. The molecule has 0 bridgehead atoms. The summed E-state index contributed by atoms with van der Waals surface area (Å²) in [5, 5.41) is 5.00. The van der Waals surface area contributed by atoms with Gasteiger partial charge in [0.05, 0.1) is 24.9 Å². The van der Waals surface area contributed by atoms with E-state index in [-0.39, 0.29) is 5.91 Å². The molecule has 5 nitrogen and oxygen atoms in total. The molecule has 0 spiro atoms. The van der Waals surface area contributed by atoms with Crippen LogP contribution in [0.25, 0.3) is 16.2 Å². The van der Waals surface area contributed by atoms with Crippen LogP contribution in [0, 0.1) is 0 Å². The van der Waals surface area contributed by atoms with Crippen LogP contribution >= 0.6 is 23.1 Å². The molecule has 4 aromatic rings. The number of carbonyl (C=O) groups is 1. The van der Waals surface area contributed by atoms with E-state index < -0.39 is 0 Å². The zero-order valence-electron chi connectivity index (χ0n) is 15.5. The second-order valence-corrected chi connectivity index (χ2v) is 7.84. The third-order valence-corrected chi connectivity index (χ3v) is 6.08. The molecule has 0 unspecified atom stereocenters. The van der Waals surface area contributed by atoms with Crippen LogP contribution in [0.2, 0.25) is 0 Å². The number of thiazole rings is 1. The molecule has 142 valence electrons. The summed E-state index contributed by atoms with van der Waals surface area (Å²) in [6.07, 6.45) is 4.27. The molecule has 0 fully saturated rings. The van der Waals surface area contributed by atoms with Crippen LogP contribution < -0.4 is 10.1 Å². The quantitative estimate of drug-likeness (QED) is 0.457. The van der Waals surface area contributed by atoms with Crippen LogP contribution in [0.15, 0.2) is 65.0 Å². The van der Waals surface area contributed by atoms with Gasteiger partial charge in [0.15, 0.2) is 4.96 Å². The van der Waals surface area contributed by atoms with Gasteiger partial charge in [-0.25, -0.2) is 4.98 Å².